The van der Waals surface area contributed by atoms with Gasteiger partial charge in [-0.2, -0.15) is 0 Å². The summed E-state index contributed by atoms with van der Waals surface area (Å²) in [5.74, 6) is 0.471. The van der Waals surface area contributed by atoms with E-state index < -0.39 is 19.7 Å². The van der Waals surface area contributed by atoms with Gasteiger partial charge in [0.15, 0.2) is 19.7 Å². The van der Waals surface area contributed by atoms with Crippen molar-refractivity contribution in [1.82, 2.24) is 15.3 Å². The smallest absolute Gasteiger partial charge is 0.151 e. The van der Waals surface area contributed by atoms with Crippen molar-refractivity contribution in [2.75, 3.05) is 12.5 Å². The Morgan fingerprint density at radius 1 is 0.560 bits per heavy atom. The SMILES string of the molecule is Cc1ccc(-c2c(CS(C)(=O)=O)c(C)nc(CC(C)C)c2CNCc2c(CC(C)C)nc(C)c(CS(C)(=O)=O)c2-c2ccc(C)cc2)cc1.Cl. The van der Waals surface area contributed by atoms with Crippen LogP contribution in [-0.2, 0) is 57.1 Å². The minimum atomic E-state index is -3.35. The molecule has 10 heteroatoms. The van der Waals surface area contributed by atoms with Crippen molar-refractivity contribution in [3.05, 3.63) is 105 Å². The van der Waals surface area contributed by atoms with Crippen molar-refractivity contribution >= 4 is 32.1 Å². The number of hydrogen-bond donors (Lipinski definition) is 1. The fourth-order valence-electron chi connectivity index (χ4n) is 6.51. The second-order valence-corrected chi connectivity index (χ2v) is 18.9. The zero-order valence-corrected chi connectivity index (χ0v) is 33.7. The maximum Gasteiger partial charge on any atom is 0.151 e. The molecule has 7 nitrogen and oxygen atoms in total. The quantitative estimate of drug-likeness (QED) is 0.139. The molecule has 4 aromatic rings. The number of benzene rings is 2. The lowest BCUT2D eigenvalue weighted by Gasteiger charge is -2.24. The highest BCUT2D eigenvalue weighted by Crippen LogP contribution is 2.36. The molecule has 4 rings (SSSR count). The van der Waals surface area contributed by atoms with Crippen LogP contribution in [0.15, 0.2) is 48.5 Å². The molecule has 0 fully saturated rings. The third kappa shape index (κ3) is 10.9. The van der Waals surface area contributed by atoms with Crippen LogP contribution in [0.25, 0.3) is 22.3 Å². The predicted octanol–water partition coefficient (Wildman–Crippen LogP) is 8.24. The highest BCUT2D eigenvalue weighted by atomic mass is 35.5. The van der Waals surface area contributed by atoms with Crippen molar-refractivity contribution in [2.24, 2.45) is 11.8 Å². The first-order chi connectivity index (χ1) is 22.8. The number of sulfone groups is 2. The molecular formula is C40H54ClN3O4S2. The molecule has 272 valence electrons. The summed E-state index contributed by atoms with van der Waals surface area (Å²) in [4.78, 5) is 10.1. The van der Waals surface area contributed by atoms with Crippen molar-refractivity contribution in [3.63, 3.8) is 0 Å². The van der Waals surface area contributed by atoms with Gasteiger partial charge in [0, 0.05) is 48.4 Å². The van der Waals surface area contributed by atoms with Crippen LogP contribution in [-0.4, -0.2) is 39.3 Å². The van der Waals surface area contributed by atoms with Gasteiger partial charge in [0.05, 0.1) is 11.5 Å². The molecule has 50 heavy (non-hydrogen) atoms. The summed E-state index contributed by atoms with van der Waals surface area (Å²) in [5.41, 5.74) is 12.8. The third-order valence-electron chi connectivity index (χ3n) is 8.68. The van der Waals surface area contributed by atoms with Crippen LogP contribution in [0.1, 0.15) is 83.9 Å². The first-order valence-electron chi connectivity index (χ1n) is 17.1. The van der Waals surface area contributed by atoms with E-state index in [0.29, 0.717) is 24.9 Å². The Hall–Kier alpha value is -3.11. The largest absolute Gasteiger partial charge is 0.308 e. The monoisotopic (exact) mass is 739 g/mol. The van der Waals surface area contributed by atoms with Gasteiger partial charge in [-0.3, -0.25) is 9.97 Å². The number of nitrogens with one attached hydrogen (secondary N) is 1. The van der Waals surface area contributed by atoms with Crippen LogP contribution in [0.2, 0.25) is 0 Å². The Labute approximate surface area is 307 Å². The lowest BCUT2D eigenvalue weighted by Crippen LogP contribution is -2.22. The van der Waals surface area contributed by atoms with Gasteiger partial charge in [-0.1, -0.05) is 87.4 Å². The molecule has 0 amide bonds. The molecule has 1 N–H and O–H groups in total. The fraction of sp³-hybridized carbons (Fsp3) is 0.450. The summed E-state index contributed by atoms with van der Waals surface area (Å²) in [5, 5.41) is 3.73. The number of pyridine rings is 2. The molecule has 0 aliphatic carbocycles. The van der Waals surface area contributed by atoms with Crippen LogP contribution in [0.5, 0.6) is 0 Å². The van der Waals surface area contributed by atoms with Crippen LogP contribution in [0.3, 0.4) is 0 Å². The first kappa shape index (κ1) is 41.3. The van der Waals surface area contributed by atoms with Gasteiger partial charge >= 0.3 is 0 Å². The van der Waals surface area contributed by atoms with E-state index in [2.05, 4.69) is 81.5 Å². The second-order valence-electron chi connectivity index (χ2n) is 14.6. The van der Waals surface area contributed by atoms with Crippen molar-refractivity contribution < 1.29 is 16.8 Å². The minimum absolute atomic E-state index is 0. The summed E-state index contributed by atoms with van der Waals surface area (Å²) in [6, 6.07) is 16.5. The molecule has 0 spiro atoms. The Balaban J connectivity index is 0.00000676. The van der Waals surface area contributed by atoms with E-state index in [1.807, 2.05) is 27.7 Å². The summed E-state index contributed by atoms with van der Waals surface area (Å²) in [7, 11) is -6.71. The number of aryl methyl sites for hydroxylation is 4. The van der Waals surface area contributed by atoms with Crippen LogP contribution in [0.4, 0.5) is 0 Å². The molecular weight excluding hydrogens is 686 g/mol. The lowest BCUT2D eigenvalue weighted by atomic mass is 9.89. The molecule has 0 aliphatic rings. The third-order valence-corrected chi connectivity index (χ3v) is 10.3. The highest BCUT2D eigenvalue weighted by Gasteiger charge is 2.25. The summed E-state index contributed by atoms with van der Waals surface area (Å²) >= 11 is 0. The van der Waals surface area contributed by atoms with Gasteiger partial charge in [-0.15, -0.1) is 12.4 Å². The van der Waals surface area contributed by atoms with E-state index in [1.54, 1.807) is 0 Å². The first-order valence-corrected chi connectivity index (χ1v) is 21.2. The topological polar surface area (TPSA) is 106 Å². The molecule has 0 aliphatic heterocycles. The zero-order valence-electron chi connectivity index (χ0n) is 31.3. The summed E-state index contributed by atoms with van der Waals surface area (Å²) in [6.45, 7) is 17.4. The van der Waals surface area contributed by atoms with Gasteiger partial charge in [-0.05, 0) is 96.9 Å². The molecule has 0 radical (unpaired) electrons. The zero-order chi connectivity index (χ0) is 36.3. The van der Waals surface area contributed by atoms with E-state index in [4.69, 9.17) is 9.97 Å². The van der Waals surface area contributed by atoms with Crippen LogP contribution < -0.4 is 5.32 Å². The van der Waals surface area contributed by atoms with Crippen molar-refractivity contribution in [3.8, 4) is 22.3 Å². The average Bonchev–Trinajstić information content (AvgIpc) is 2.96. The molecule has 2 heterocycles. The van der Waals surface area contributed by atoms with E-state index in [0.717, 1.165) is 91.3 Å². The number of rotatable bonds is 14. The normalized spacial score (nSPS) is 12.1. The summed E-state index contributed by atoms with van der Waals surface area (Å²) < 4.78 is 51.0. The van der Waals surface area contributed by atoms with Crippen LogP contribution in [0, 0.1) is 39.5 Å². The molecule has 0 bridgehead atoms. The van der Waals surface area contributed by atoms with Gasteiger partial charge in [0.1, 0.15) is 0 Å². The second kappa shape index (κ2) is 16.9. The maximum atomic E-state index is 12.7. The molecule has 0 saturated carbocycles. The Morgan fingerprint density at radius 2 is 0.880 bits per heavy atom. The Morgan fingerprint density at radius 3 is 1.16 bits per heavy atom. The fourth-order valence-corrected chi connectivity index (χ4v) is 8.26. The highest BCUT2D eigenvalue weighted by molar-refractivity contribution is 7.90. The lowest BCUT2D eigenvalue weighted by molar-refractivity contribution is 0.598. The number of hydrogen-bond acceptors (Lipinski definition) is 7. The Kier molecular flexibility index (Phi) is 14.0. The van der Waals surface area contributed by atoms with Gasteiger partial charge in [0.2, 0.25) is 0 Å². The molecule has 0 unspecified atom stereocenters. The number of halogens is 1. The summed E-state index contributed by atoms with van der Waals surface area (Å²) in [6.07, 6.45) is 4.03. The van der Waals surface area contributed by atoms with Crippen LogP contribution >= 0.6 is 12.4 Å². The maximum absolute atomic E-state index is 12.7. The van der Waals surface area contributed by atoms with Gasteiger partial charge in [0.25, 0.3) is 0 Å². The van der Waals surface area contributed by atoms with Gasteiger partial charge < -0.3 is 5.32 Å². The number of nitrogens with zero attached hydrogens (tertiary/aromatic N) is 2. The minimum Gasteiger partial charge on any atom is -0.308 e. The van der Waals surface area contributed by atoms with E-state index in [-0.39, 0.29) is 23.9 Å². The van der Waals surface area contributed by atoms with E-state index in [9.17, 15) is 16.8 Å². The predicted molar refractivity (Wildman–Crippen MR) is 210 cm³/mol. The molecule has 0 saturated heterocycles. The molecule has 2 aromatic carbocycles. The number of aromatic nitrogens is 2. The van der Waals surface area contributed by atoms with Gasteiger partial charge in [-0.25, -0.2) is 16.8 Å². The Bertz CT molecular complexity index is 1880. The van der Waals surface area contributed by atoms with E-state index in [1.165, 1.54) is 12.5 Å². The molecule has 0 atom stereocenters. The standard InChI is InChI=1S/C40H53N3O4S2.ClH/c1-25(2)19-37-33(39(31-15-11-27(5)12-16-31)35(29(7)42-37)23-48(9,44)45)21-41-22-34-38(20-26(3)4)43-30(8)36(24-49(10,46)47)40(34)32-17-13-28(6)14-18-32;/h11-18,25-26,41H,19-24H2,1-10H3;1H. The molecule has 2 aromatic heterocycles. The van der Waals surface area contributed by atoms with E-state index >= 15 is 0 Å². The van der Waals surface area contributed by atoms with Crippen molar-refractivity contribution in [1.29, 1.82) is 0 Å². The van der Waals surface area contributed by atoms with Crippen molar-refractivity contribution in [2.45, 2.75) is 92.8 Å². The average molecular weight is 740 g/mol.